The smallest absolute Gasteiger partial charge is 0.271 e. The van der Waals surface area contributed by atoms with Gasteiger partial charge in [0.05, 0.1) is 17.1 Å². The molecule has 0 unspecified atom stereocenters. The summed E-state index contributed by atoms with van der Waals surface area (Å²) in [6, 6.07) is 4.82. The number of anilines is 2. The summed E-state index contributed by atoms with van der Waals surface area (Å²) in [5, 5.41) is 0. The SMILES string of the molecule is CNS(=O)(=O)Nc1ccc(C)c(N2CCCS2(=O)=O)c1. The molecule has 0 atom stereocenters. The third kappa shape index (κ3) is 3.05. The van der Waals surface area contributed by atoms with Crippen LogP contribution in [0.15, 0.2) is 18.2 Å². The second-order valence-electron chi connectivity index (χ2n) is 4.55. The van der Waals surface area contributed by atoms with Gasteiger partial charge in [-0.3, -0.25) is 9.03 Å². The molecule has 1 aromatic rings. The monoisotopic (exact) mass is 319 g/mol. The highest BCUT2D eigenvalue weighted by Gasteiger charge is 2.29. The summed E-state index contributed by atoms with van der Waals surface area (Å²) < 4.78 is 52.6. The summed E-state index contributed by atoms with van der Waals surface area (Å²) in [4.78, 5) is 0. The lowest BCUT2D eigenvalue weighted by Crippen LogP contribution is -2.28. The van der Waals surface area contributed by atoms with Gasteiger partial charge in [0, 0.05) is 13.6 Å². The normalized spacial score (nSPS) is 18.2. The molecule has 9 heteroatoms. The summed E-state index contributed by atoms with van der Waals surface area (Å²) in [5.74, 6) is 0.124. The van der Waals surface area contributed by atoms with Crippen LogP contribution in [0.1, 0.15) is 12.0 Å². The predicted molar refractivity (Wildman–Crippen MR) is 78.5 cm³/mol. The minimum absolute atomic E-state index is 0.124. The Morgan fingerprint density at radius 2 is 2.00 bits per heavy atom. The van der Waals surface area contributed by atoms with Gasteiger partial charge in [-0.25, -0.2) is 13.1 Å². The molecule has 2 rings (SSSR count). The number of nitrogens with zero attached hydrogens (tertiary/aromatic N) is 1. The summed E-state index contributed by atoms with van der Waals surface area (Å²) in [5.41, 5.74) is 1.61. The van der Waals surface area contributed by atoms with Gasteiger partial charge < -0.3 is 0 Å². The van der Waals surface area contributed by atoms with Crippen molar-refractivity contribution < 1.29 is 16.8 Å². The molecule has 112 valence electrons. The molecule has 2 N–H and O–H groups in total. The van der Waals surface area contributed by atoms with Crippen LogP contribution in [0.5, 0.6) is 0 Å². The zero-order chi connectivity index (χ0) is 15.0. The van der Waals surface area contributed by atoms with E-state index < -0.39 is 20.2 Å². The lowest BCUT2D eigenvalue weighted by molar-refractivity contribution is 0.593. The van der Waals surface area contributed by atoms with Crippen LogP contribution in [0.4, 0.5) is 11.4 Å². The standard InChI is InChI=1S/C11H17N3O4S2/c1-9-4-5-10(13-20(17,18)12-2)8-11(9)14-6-3-7-19(14,15)16/h4-5,8,12-13H,3,6-7H2,1-2H3. The zero-order valence-electron chi connectivity index (χ0n) is 11.3. The van der Waals surface area contributed by atoms with Crippen molar-refractivity contribution in [3.8, 4) is 0 Å². The van der Waals surface area contributed by atoms with Crippen LogP contribution in [-0.2, 0) is 20.2 Å². The van der Waals surface area contributed by atoms with Gasteiger partial charge in [0.15, 0.2) is 0 Å². The Hall–Kier alpha value is -1.32. The van der Waals surface area contributed by atoms with Gasteiger partial charge in [-0.1, -0.05) is 6.07 Å². The molecule has 1 aliphatic heterocycles. The molecule has 1 aromatic carbocycles. The van der Waals surface area contributed by atoms with Gasteiger partial charge in [0.1, 0.15) is 0 Å². The number of nitrogens with one attached hydrogen (secondary N) is 2. The molecule has 0 amide bonds. The van der Waals surface area contributed by atoms with E-state index in [1.807, 2.05) is 0 Å². The molecule has 0 aromatic heterocycles. The van der Waals surface area contributed by atoms with Gasteiger partial charge in [-0.05, 0) is 31.0 Å². The van der Waals surface area contributed by atoms with Crippen molar-refractivity contribution in [3.05, 3.63) is 23.8 Å². The third-order valence-corrected chi connectivity index (χ3v) is 6.00. The summed E-state index contributed by atoms with van der Waals surface area (Å²) in [6.07, 6.45) is 0.578. The molecule has 0 aliphatic carbocycles. The van der Waals surface area contributed by atoms with Gasteiger partial charge in [0.2, 0.25) is 10.0 Å². The molecule has 0 radical (unpaired) electrons. The summed E-state index contributed by atoms with van der Waals surface area (Å²) in [7, 11) is -5.62. The molecule has 1 aliphatic rings. The second kappa shape index (κ2) is 5.23. The average Bonchev–Trinajstić information content (AvgIpc) is 2.71. The Labute approximate surface area is 119 Å². The van der Waals surface area contributed by atoms with Crippen molar-refractivity contribution >= 4 is 31.6 Å². The fraction of sp³-hybridized carbons (Fsp3) is 0.455. The molecule has 1 saturated heterocycles. The Kier molecular flexibility index (Phi) is 3.94. The van der Waals surface area contributed by atoms with E-state index in [2.05, 4.69) is 9.44 Å². The second-order valence-corrected chi connectivity index (χ2v) is 8.18. The molecular formula is C11H17N3O4S2. The van der Waals surface area contributed by atoms with Gasteiger partial charge in [-0.2, -0.15) is 8.42 Å². The molecule has 0 spiro atoms. The van der Waals surface area contributed by atoms with Crippen molar-refractivity contribution in [2.75, 3.05) is 28.4 Å². The number of rotatable bonds is 4. The molecule has 1 heterocycles. The highest BCUT2D eigenvalue weighted by molar-refractivity contribution is 7.93. The minimum atomic E-state index is -3.62. The fourth-order valence-corrected chi connectivity index (χ4v) is 4.22. The zero-order valence-corrected chi connectivity index (χ0v) is 12.9. The van der Waals surface area contributed by atoms with Crippen molar-refractivity contribution in [2.45, 2.75) is 13.3 Å². The van der Waals surface area contributed by atoms with E-state index >= 15 is 0 Å². The van der Waals surface area contributed by atoms with E-state index in [1.165, 1.54) is 17.4 Å². The first-order valence-electron chi connectivity index (χ1n) is 6.07. The van der Waals surface area contributed by atoms with Crippen molar-refractivity contribution in [1.29, 1.82) is 0 Å². The largest absolute Gasteiger partial charge is 0.298 e. The Morgan fingerprint density at radius 1 is 1.30 bits per heavy atom. The van der Waals surface area contributed by atoms with E-state index in [-0.39, 0.29) is 5.75 Å². The van der Waals surface area contributed by atoms with Crippen molar-refractivity contribution in [1.82, 2.24) is 4.72 Å². The molecule has 1 fully saturated rings. The number of sulfonamides is 1. The van der Waals surface area contributed by atoms with Gasteiger partial charge in [-0.15, -0.1) is 0 Å². The lowest BCUT2D eigenvalue weighted by atomic mass is 10.2. The van der Waals surface area contributed by atoms with Crippen LogP contribution in [0.2, 0.25) is 0 Å². The van der Waals surface area contributed by atoms with Crippen LogP contribution in [0.3, 0.4) is 0 Å². The Morgan fingerprint density at radius 3 is 2.55 bits per heavy atom. The molecule has 0 saturated carbocycles. The lowest BCUT2D eigenvalue weighted by Gasteiger charge is -2.20. The number of hydrogen-bond acceptors (Lipinski definition) is 4. The number of benzene rings is 1. The molecule has 20 heavy (non-hydrogen) atoms. The molecule has 7 nitrogen and oxygen atoms in total. The Balaban J connectivity index is 2.40. The third-order valence-electron chi connectivity index (χ3n) is 3.10. The first kappa shape index (κ1) is 15.1. The van der Waals surface area contributed by atoms with E-state index in [1.54, 1.807) is 19.1 Å². The molecular weight excluding hydrogens is 302 g/mol. The number of aryl methyl sites for hydroxylation is 1. The van der Waals surface area contributed by atoms with Crippen molar-refractivity contribution in [2.24, 2.45) is 0 Å². The minimum Gasteiger partial charge on any atom is -0.271 e. The van der Waals surface area contributed by atoms with E-state index in [0.29, 0.717) is 24.3 Å². The van der Waals surface area contributed by atoms with Crippen LogP contribution in [0, 0.1) is 6.92 Å². The fourth-order valence-electron chi connectivity index (χ4n) is 2.06. The summed E-state index contributed by atoms with van der Waals surface area (Å²) in [6.45, 7) is 2.21. The average molecular weight is 319 g/mol. The highest BCUT2D eigenvalue weighted by Crippen LogP contribution is 2.30. The van der Waals surface area contributed by atoms with Crippen LogP contribution in [-0.4, -0.2) is 36.2 Å². The van der Waals surface area contributed by atoms with Gasteiger partial charge in [0.25, 0.3) is 10.2 Å². The first-order chi connectivity index (χ1) is 9.25. The van der Waals surface area contributed by atoms with Crippen LogP contribution in [0.25, 0.3) is 0 Å². The quantitative estimate of drug-likeness (QED) is 0.840. The predicted octanol–water partition coefficient (Wildman–Crippen LogP) is 0.411. The summed E-state index contributed by atoms with van der Waals surface area (Å²) >= 11 is 0. The highest BCUT2D eigenvalue weighted by atomic mass is 32.2. The van der Waals surface area contributed by atoms with Crippen LogP contribution < -0.4 is 13.7 Å². The number of hydrogen-bond donors (Lipinski definition) is 2. The maximum absolute atomic E-state index is 11.9. The molecule has 0 bridgehead atoms. The Bertz CT molecular complexity index is 713. The van der Waals surface area contributed by atoms with Crippen LogP contribution >= 0.6 is 0 Å². The maximum Gasteiger partial charge on any atom is 0.298 e. The van der Waals surface area contributed by atoms with Crippen molar-refractivity contribution in [3.63, 3.8) is 0 Å². The van der Waals surface area contributed by atoms with E-state index in [4.69, 9.17) is 0 Å². The van der Waals surface area contributed by atoms with Gasteiger partial charge >= 0.3 is 0 Å². The topological polar surface area (TPSA) is 95.6 Å². The maximum atomic E-state index is 11.9. The van der Waals surface area contributed by atoms with E-state index in [9.17, 15) is 16.8 Å². The van der Waals surface area contributed by atoms with E-state index in [0.717, 1.165) is 5.56 Å². The first-order valence-corrected chi connectivity index (χ1v) is 9.17.